The summed E-state index contributed by atoms with van der Waals surface area (Å²) < 4.78 is 1.12. The summed E-state index contributed by atoms with van der Waals surface area (Å²) in [5.74, 6) is 0. The predicted octanol–water partition coefficient (Wildman–Crippen LogP) is 3.49. The van der Waals surface area contributed by atoms with E-state index in [-0.39, 0.29) is 6.04 Å². The van der Waals surface area contributed by atoms with Crippen molar-refractivity contribution in [3.63, 3.8) is 0 Å². The number of nitrogens with two attached hydrogens (primary N) is 1. The van der Waals surface area contributed by atoms with Gasteiger partial charge in [-0.2, -0.15) is 0 Å². The third kappa shape index (κ3) is 2.58. The fraction of sp³-hybridized carbons (Fsp3) is 0.231. The van der Waals surface area contributed by atoms with Crippen molar-refractivity contribution in [1.82, 2.24) is 0 Å². The van der Waals surface area contributed by atoms with Gasteiger partial charge in [-0.3, -0.25) is 0 Å². The zero-order chi connectivity index (χ0) is 10.8. The van der Waals surface area contributed by atoms with Crippen LogP contribution in [0.3, 0.4) is 0 Å². The van der Waals surface area contributed by atoms with Crippen LogP contribution < -0.4 is 5.73 Å². The average Bonchev–Trinajstić information content (AvgIpc) is 2.17. The van der Waals surface area contributed by atoms with Crippen molar-refractivity contribution in [2.45, 2.75) is 19.4 Å². The summed E-state index contributed by atoms with van der Waals surface area (Å²) in [5.41, 5.74) is 7.09. The second-order valence-corrected chi connectivity index (χ2v) is 4.92. The fourth-order valence-electron chi connectivity index (χ4n) is 1.76. The highest BCUT2D eigenvalue weighted by Gasteiger charge is 2.00. The minimum absolute atomic E-state index is 0.220. The van der Waals surface area contributed by atoms with Crippen molar-refractivity contribution >= 4 is 26.7 Å². The summed E-state index contributed by atoms with van der Waals surface area (Å²) in [7, 11) is 0. The van der Waals surface area contributed by atoms with Crippen molar-refractivity contribution in [3.05, 3.63) is 46.4 Å². The first kappa shape index (κ1) is 10.7. The molecule has 0 saturated carbocycles. The molecule has 0 radical (unpaired) electrons. The Labute approximate surface area is 98.4 Å². The van der Waals surface area contributed by atoms with Crippen LogP contribution in [0.4, 0.5) is 0 Å². The van der Waals surface area contributed by atoms with Gasteiger partial charge in [0, 0.05) is 10.5 Å². The van der Waals surface area contributed by atoms with E-state index < -0.39 is 0 Å². The Morgan fingerprint density at radius 3 is 2.53 bits per heavy atom. The highest BCUT2D eigenvalue weighted by Crippen LogP contribution is 2.21. The molecule has 0 aliphatic heterocycles. The Morgan fingerprint density at radius 1 is 1.13 bits per heavy atom. The lowest BCUT2D eigenvalue weighted by atomic mass is 10.0. The predicted molar refractivity (Wildman–Crippen MR) is 69.0 cm³/mol. The van der Waals surface area contributed by atoms with Crippen LogP contribution in [0.25, 0.3) is 10.8 Å². The van der Waals surface area contributed by atoms with Crippen LogP contribution in [0.1, 0.15) is 12.5 Å². The highest BCUT2D eigenvalue weighted by atomic mass is 79.9. The van der Waals surface area contributed by atoms with Crippen molar-refractivity contribution in [2.24, 2.45) is 5.73 Å². The van der Waals surface area contributed by atoms with E-state index in [2.05, 4.69) is 52.3 Å². The lowest BCUT2D eigenvalue weighted by molar-refractivity contribution is 0.739. The molecular weight excluding hydrogens is 250 g/mol. The van der Waals surface area contributed by atoms with Crippen molar-refractivity contribution in [3.8, 4) is 0 Å². The molecule has 0 spiro atoms. The smallest absolute Gasteiger partial charge is 0.0181 e. The largest absolute Gasteiger partial charge is 0.328 e. The molecule has 78 valence electrons. The van der Waals surface area contributed by atoms with E-state index in [1.54, 1.807) is 0 Å². The topological polar surface area (TPSA) is 26.0 Å². The van der Waals surface area contributed by atoms with Gasteiger partial charge in [-0.15, -0.1) is 0 Å². The van der Waals surface area contributed by atoms with Gasteiger partial charge in [0.25, 0.3) is 0 Å². The minimum atomic E-state index is 0.220. The Kier molecular flexibility index (Phi) is 3.08. The van der Waals surface area contributed by atoms with Crippen LogP contribution >= 0.6 is 15.9 Å². The fourth-order valence-corrected chi connectivity index (χ4v) is 2.14. The first-order chi connectivity index (χ1) is 7.15. The molecule has 0 saturated heterocycles. The summed E-state index contributed by atoms with van der Waals surface area (Å²) in [6.07, 6.45) is 0.937. The maximum atomic E-state index is 5.79. The van der Waals surface area contributed by atoms with E-state index in [0.717, 1.165) is 10.9 Å². The maximum Gasteiger partial charge on any atom is 0.0181 e. The van der Waals surface area contributed by atoms with Gasteiger partial charge in [-0.05, 0) is 41.8 Å². The standard InChI is InChI=1S/C13H14BrN/c1-9(15)6-10-2-3-12-8-13(14)5-4-11(12)7-10/h2-5,7-9H,6,15H2,1H3. The highest BCUT2D eigenvalue weighted by molar-refractivity contribution is 9.10. The van der Waals surface area contributed by atoms with E-state index in [0.29, 0.717) is 0 Å². The van der Waals surface area contributed by atoms with Crippen molar-refractivity contribution < 1.29 is 0 Å². The van der Waals surface area contributed by atoms with Crippen LogP contribution in [0.15, 0.2) is 40.9 Å². The summed E-state index contributed by atoms with van der Waals surface area (Å²) in [5, 5.41) is 2.54. The monoisotopic (exact) mass is 263 g/mol. The molecule has 2 aromatic carbocycles. The van der Waals surface area contributed by atoms with Gasteiger partial charge in [-0.25, -0.2) is 0 Å². The third-order valence-electron chi connectivity index (χ3n) is 2.42. The number of halogens is 1. The molecule has 2 N–H and O–H groups in total. The van der Waals surface area contributed by atoms with Gasteiger partial charge >= 0.3 is 0 Å². The lowest BCUT2D eigenvalue weighted by Crippen LogP contribution is -2.17. The summed E-state index contributed by atoms with van der Waals surface area (Å²) in [6.45, 7) is 2.03. The Morgan fingerprint density at radius 2 is 1.80 bits per heavy atom. The second-order valence-electron chi connectivity index (χ2n) is 4.01. The van der Waals surface area contributed by atoms with Gasteiger partial charge in [0.05, 0.1) is 0 Å². The Hall–Kier alpha value is -0.860. The number of benzene rings is 2. The van der Waals surface area contributed by atoms with E-state index in [9.17, 15) is 0 Å². The van der Waals surface area contributed by atoms with Crippen LogP contribution in [-0.2, 0) is 6.42 Å². The van der Waals surface area contributed by atoms with Gasteiger partial charge in [0.2, 0.25) is 0 Å². The normalized spacial score (nSPS) is 13.0. The molecule has 0 aromatic heterocycles. The molecule has 2 rings (SSSR count). The first-order valence-corrected chi connectivity index (χ1v) is 5.88. The number of hydrogen-bond donors (Lipinski definition) is 1. The molecule has 1 nitrogen and oxygen atoms in total. The van der Waals surface area contributed by atoms with E-state index in [4.69, 9.17) is 5.73 Å². The third-order valence-corrected chi connectivity index (χ3v) is 2.92. The summed E-state index contributed by atoms with van der Waals surface area (Å²) >= 11 is 3.47. The molecule has 2 heteroatoms. The number of rotatable bonds is 2. The molecule has 0 heterocycles. The van der Waals surface area contributed by atoms with Crippen molar-refractivity contribution in [1.29, 1.82) is 0 Å². The molecule has 0 amide bonds. The van der Waals surface area contributed by atoms with Gasteiger partial charge in [0.1, 0.15) is 0 Å². The number of hydrogen-bond acceptors (Lipinski definition) is 1. The zero-order valence-corrected chi connectivity index (χ0v) is 10.3. The Balaban J connectivity index is 2.43. The molecule has 1 unspecified atom stereocenters. The van der Waals surface area contributed by atoms with Crippen LogP contribution in [-0.4, -0.2) is 6.04 Å². The van der Waals surface area contributed by atoms with Crippen LogP contribution in [0.2, 0.25) is 0 Å². The van der Waals surface area contributed by atoms with E-state index in [1.165, 1.54) is 16.3 Å². The first-order valence-electron chi connectivity index (χ1n) is 5.09. The quantitative estimate of drug-likeness (QED) is 0.882. The zero-order valence-electron chi connectivity index (χ0n) is 8.70. The molecule has 0 fully saturated rings. The van der Waals surface area contributed by atoms with E-state index in [1.807, 2.05) is 6.92 Å². The summed E-state index contributed by atoms with van der Waals surface area (Å²) in [4.78, 5) is 0. The Bertz CT molecular complexity index is 477. The molecule has 0 aliphatic carbocycles. The molecule has 0 aliphatic rings. The number of fused-ring (bicyclic) bond motifs is 1. The SMILES string of the molecule is CC(N)Cc1ccc2cc(Br)ccc2c1. The molecular formula is C13H14BrN. The van der Waals surface area contributed by atoms with Crippen LogP contribution in [0, 0.1) is 0 Å². The molecule has 15 heavy (non-hydrogen) atoms. The maximum absolute atomic E-state index is 5.79. The van der Waals surface area contributed by atoms with Crippen LogP contribution in [0.5, 0.6) is 0 Å². The van der Waals surface area contributed by atoms with E-state index >= 15 is 0 Å². The molecule has 0 bridgehead atoms. The van der Waals surface area contributed by atoms with Gasteiger partial charge in [0.15, 0.2) is 0 Å². The average molecular weight is 264 g/mol. The minimum Gasteiger partial charge on any atom is -0.328 e. The second kappa shape index (κ2) is 4.33. The van der Waals surface area contributed by atoms with Gasteiger partial charge in [-0.1, -0.05) is 40.2 Å². The summed E-state index contributed by atoms with van der Waals surface area (Å²) in [6, 6.07) is 13.1. The van der Waals surface area contributed by atoms with Gasteiger partial charge < -0.3 is 5.73 Å². The molecule has 2 aromatic rings. The van der Waals surface area contributed by atoms with Crippen molar-refractivity contribution in [2.75, 3.05) is 0 Å². The lowest BCUT2D eigenvalue weighted by Gasteiger charge is -2.06. The molecule has 1 atom stereocenters.